The number of rotatable bonds is 5. The standard InChI is InChI=1S/C12H18N2O/c15-12(11-5-3-6-11)13-7-4-10-14-8-1-2-9-14/h1-2,8-9,11H,3-7,10H2,(H,13,15). The lowest BCUT2D eigenvalue weighted by Gasteiger charge is -2.24. The first kappa shape index (κ1) is 10.3. The van der Waals surface area contributed by atoms with Gasteiger partial charge in [0, 0.05) is 31.4 Å². The molecule has 0 radical (unpaired) electrons. The van der Waals surface area contributed by atoms with Crippen molar-refractivity contribution in [2.45, 2.75) is 32.2 Å². The van der Waals surface area contributed by atoms with Gasteiger partial charge < -0.3 is 9.88 Å². The number of hydrogen-bond acceptors (Lipinski definition) is 1. The minimum absolute atomic E-state index is 0.258. The van der Waals surface area contributed by atoms with Crippen LogP contribution >= 0.6 is 0 Å². The molecule has 82 valence electrons. The Morgan fingerprint density at radius 1 is 1.33 bits per heavy atom. The summed E-state index contributed by atoms with van der Waals surface area (Å²) in [6.45, 7) is 1.78. The fraction of sp³-hybridized carbons (Fsp3) is 0.583. The van der Waals surface area contributed by atoms with Crippen LogP contribution in [0.1, 0.15) is 25.7 Å². The molecule has 1 aromatic heterocycles. The van der Waals surface area contributed by atoms with Gasteiger partial charge in [0.15, 0.2) is 0 Å². The SMILES string of the molecule is O=C(NCCCn1cccc1)C1CCC1. The number of carbonyl (C=O) groups excluding carboxylic acids is 1. The first-order chi connectivity index (χ1) is 7.36. The van der Waals surface area contributed by atoms with Gasteiger partial charge in [-0.1, -0.05) is 6.42 Å². The van der Waals surface area contributed by atoms with Crippen LogP contribution in [0.4, 0.5) is 0 Å². The van der Waals surface area contributed by atoms with Crippen molar-refractivity contribution >= 4 is 5.91 Å². The molecule has 3 heteroatoms. The molecule has 1 heterocycles. The number of amides is 1. The van der Waals surface area contributed by atoms with E-state index in [2.05, 4.69) is 9.88 Å². The highest BCUT2D eigenvalue weighted by Crippen LogP contribution is 2.25. The van der Waals surface area contributed by atoms with Crippen LogP contribution in [0.5, 0.6) is 0 Å². The summed E-state index contributed by atoms with van der Waals surface area (Å²) in [7, 11) is 0. The van der Waals surface area contributed by atoms with Gasteiger partial charge in [-0.15, -0.1) is 0 Å². The Hall–Kier alpha value is -1.25. The van der Waals surface area contributed by atoms with Crippen molar-refractivity contribution in [2.24, 2.45) is 5.92 Å². The monoisotopic (exact) mass is 206 g/mol. The molecular formula is C12H18N2O. The zero-order valence-electron chi connectivity index (χ0n) is 8.98. The minimum atomic E-state index is 0.258. The highest BCUT2D eigenvalue weighted by Gasteiger charge is 2.24. The molecule has 1 fully saturated rings. The summed E-state index contributed by atoms with van der Waals surface area (Å²) in [5, 5.41) is 2.99. The van der Waals surface area contributed by atoms with Gasteiger partial charge in [-0.05, 0) is 31.4 Å². The van der Waals surface area contributed by atoms with E-state index in [1.807, 2.05) is 24.5 Å². The maximum absolute atomic E-state index is 11.5. The molecule has 15 heavy (non-hydrogen) atoms. The van der Waals surface area contributed by atoms with Crippen LogP contribution in [-0.4, -0.2) is 17.0 Å². The number of aromatic nitrogens is 1. The van der Waals surface area contributed by atoms with Gasteiger partial charge in [0.2, 0.25) is 5.91 Å². The van der Waals surface area contributed by atoms with Crippen LogP contribution in [-0.2, 0) is 11.3 Å². The predicted molar refractivity (Wildman–Crippen MR) is 59.4 cm³/mol. The van der Waals surface area contributed by atoms with Crippen LogP contribution in [0.3, 0.4) is 0 Å². The lowest BCUT2D eigenvalue weighted by Crippen LogP contribution is -2.35. The van der Waals surface area contributed by atoms with E-state index in [4.69, 9.17) is 0 Å². The fourth-order valence-corrected chi connectivity index (χ4v) is 1.81. The highest BCUT2D eigenvalue weighted by atomic mass is 16.1. The third kappa shape index (κ3) is 2.85. The molecule has 2 rings (SSSR count). The number of nitrogens with zero attached hydrogens (tertiary/aromatic N) is 1. The van der Waals surface area contributed by atoms with E-state index in [1.165, 1.54) is 6.42 Å². The Bertz CT molecular complexity index is 301. The number of hydrogen-bond donors (Lipinski definition) is 1. The Kier molecular flexibility index (Phi) is 3.43. The third-order valence-corrected chi connectivity index (χ3v) is 3.03. The second kappa shape index (κ2) is 5.01. The van der Waals surface area contributed by atoms with Crippen LogP contribution in [0.25, 0.3) is 0 Å². The summed E-state index contributed by atoms with van der Waals surface area (Å²) < 4.78 is 2.13. The number of nitrogens with one attached hydrogen (secondary N) is 1. The van der Waals surface area contributed by atoms with Gasteiger partial charge in [-0.3, -0.25) is 4.79 Å². The lowest BCUT2D eigenvalue weighted by molar-refractivity contribution is -0.127. The predicted octanol–water partition coefficient (Wildman–Crippen LogP) is 1.79. The molecule has 1 N–H and O–H groups in total. The first-order valence-corrected chi connectivity index (χ1v) is 5.75. The Morgan fingerprint density at radius 3 is 2.67 bits per heavy atom. The molecule has 3 nitrogen and oxygen atoms in total. The van der Waals surface area contributed by atoms with E-state index < -0.39 is 0 Å². The smallest absolute Gasteiger partial charge is 0.223 e. The molecule has 1 aliphatic rings. The van der Waals surface area contributed by atoms with Crippen molar-refractivity contribution in [3.05, 3.63) is 24.5 Å². The molecule has 0 bridgehead atoms. The molecule has 0 unspecified atom stereocenters. The van der Waals surface area contributed by atoms with Crippen molar-refractivity contribution in [3.63, 3.8) is 0 Å². The highest BCUT2D eigenvalue weighted by molar-refractivity contribution is 5.79. The van der Waals surface area contributed by atoms with Crippen LogP contribution in [0.2, 0.25) is 0 Å². The van der Waals surface area contributed by atoms with Gasteiger partial charge in [0.1, 0.15) is 0 Å². The molecule has 0 aliphatic heterocycles. The molecule has 0 spiro atoms. The van der Waals surface area contributed by atoms with Crippen LogP contribution in [0.15, 0.2) is 24.5 Å². The van der Waals surface area contributed by atoms with E-state index >= 15 is 0 Å². The van der Waals surface area contributed by atoms with Gasteiger partial charge >= 0.3 is 0 Å². The van der Waals surface area contributed by atoms with Crippen molar-refractivity contribution < 1.29 is 4.79 Å². The zero-order chi connectivity index (χ0) is 10.5. The van der Waals surface area contributed by atoms with Crippen molar-refractivity contribution in [2.75, 3.05) is 6.54 Å². The molecule has 0 atom stereocenters. The zero-order valence-corrected chi connectivity index (χ0v) is 8.98. The van der Waals surface area contributed by atoms with E-state index in [0.717, 1.165) is 32.4 Å². The van der Waals surface area contributed by atoms with E-state index in [1.54, 1.807) is 0 Å². The quantitative estimate of drug-likeness (QED) is 0.732. The van der Waals surface area contributed by atoms with Crippen molar-refractivity contribution in [1.82, 2.24) is 9.88 Å². The minimum Gasteiger partial charge on any atom is -0.356 e. The van der Waals surface area contributed by atoms with Gasteiger partial charge in [-0.25, -0.2) is 0 Å². The normalized spacial score (nSPS) is 16.0. The maximum Gasteiger partial charge on any atom is 0.223 e. The van der Waals surface area contributed by atoms with Crippen LogP contribution in [0, 0.1) is 5.92 Å². The second-order valence-corrected chi connectivity index (χ2v) is 4.19. The van der Waals surface area contributed by atoms with Gasteiger partial charge in [-0.2, -0.15) is 0 Å². The summed E-state index contributed by atoms with van der Waals surface area (Å²) in [5.74, 6) is 0.574. The number of aryl methyl sites for hydroxylation is 1. The summed E-state index contributed by atoms with van der Waals surface area (Å²) in [4.78, 5) is 11.5. The summed E-state index contributed by atoms with van der Waals surface area (Å²) in [6, 6.07) is 4.04. The van der Waals surface area contributed by atoms with Gasteiger partial charge in [0.25, 0.3) is 0 Å². The molecule has 1 amide bonds. The fourth-order valence-electron chi connectivity index (χ4n) is 1.81. The summed E-state index contributed by atoms with van der Waals surface area (Å²) >= 11 is 0. The van der Waals surface area contributed by atoms with E-state index in [-0.39, 0.29) is 5.91 Å². The largest absolute Gasteiger partial charge is 0.356 e. The van der Waals surface area contributed by atoms with Gasteiger partial charge in [0.05, 0.1) is 0 Å². The maximum atomic E-state index is 11.5. The average Bonchev–Trinajstić information content (AvgIpc) is 2.62. The lowest BCUT2D eigenvalue weighted by atomic mass is 9.85. The molecule has 1 saturated carbocycles. The van der Waals surface area contributed by atoms with E-state index in [0.29, 0.717) is 5.92 Å². The van der Waals surface area contributed by atoms with Crippen LogP contribution < -0.4 is 5.32 Å². The molecule has 0 saturated heterocycles. The average molecular weight is 206 g/mol. The molecule has 1 aromatic rings. The Morgan fingerprint density at radius 2 is 2.07 bits per heavy atom. The first-order valence-electron chi connectivity index (χ1n) is 5.75. The van der Waals surface area contributed by atoms with Crippen molar-refractivity contribution in [1.29, 1.82) is 0 Å². The second-order valence-electron chi connectivity index (χ2n) is 4.19. The molecular weight excluding hydrogens is 188 g/mol. The molecule has 1 aliphatic carbocycles. The van der Waals surface area contributed by atoms with E-state index in [9.17, 15) is 4.79 Å². The summed E-state index contributed by atoms with van der Waals surface area (Å²) in [5.41, 5.74) is 0. The van der Waals surface area contributed by atoms with Crippen molar-refractivity contribution in [3.8, 4) is 0 Å². The summed E-state index contributed by atoms with van der Waals surface area (Å²) in [6.07, 6.45) is 8.50. The third-order valence-electron chi connectivity index (χ3n) is 3.03. The Labute approximate surface area is 90.5 Å². The number of carbonyl (C=O) groups is 1. The Balaban J connectivity index is 1.56. The topological polar surface area (TPSA) is 34.0 Å². The molecule has 0 aromatic carbocycles.